The predicted octanol–water partition coefficient (Wildman–Crippen LogP) is 3.59. The number of ether oxygens (including phenoxy) is 2. The molecule has 2 saturated heterocycles. The lowest BCUT2D eigenvalue weighted by atomic mass is 9.98. The van der Waals surface area contributed by atoms with E-state index in [4.69, 9.17) is 9.47 Å². The third-order valence-electron chi connectivity index (χ3n) is 4.90. The molecule has 0 atom stereocenters. The molecule has 2 aliphatic rings. The van der Waals surface area contributed by atoms with Crippen molar-refractivity contribution in [1.29, 1.82) is 0 Å². The van der Waals surface area contributed by atoms with Gasteiger partial charge in [0, 0.05) is 31.9 Å². The molecule has 0 aromatic heterocycles. The van der Waals surface area contributed by atoms with E-state index in [9.17, 15) is 9.59 Å². The lowest BCUT2D eigenvalue weighted by Crippen LogP contribution is -2.52. The maximum absolute atomic E-state index is 12.1. The van der Waals surface area contributed by atoms with Crippen LogP contribution in [0.1, 0.15) is 45.6 Å². The second kappa shape index (κ2) is 8.19. The molecule has 148 valence electrons. The van der Waals surface area contributed by atoms with E-state index in [1.54, 1.807) is 4.90 Å². The first kappa shape index (κ1) is 19.5. The number of hydrogen-bond donors (Lipinski definition) is 0. The summed E-state index contributed by atoms with van der Waals surface area (Å²) in [5.41, 5.74) is 1.60. The number of carbonyl (C=O) groups is 2. The van der Waals surface area contributed by atoms with E-state index in [1.165, 1.54) is 6.42 Å². The number of nitrogens with zero attached hydrogens (tertiary/aromatic N) is 2. The Morgan fingerprint density at radius 2 is 1.67 bits per heavy atom. The van der Waals surface area contributed by atoms with Crippen LogP contribution in [-0.4, -0.2) is 48.7 Å². The quantitative estimate of drug-likeness (QED) is 0.754. The molecule has 0 bridgehead atoms. The molecule has 27 heavy (non-hydrogen) atoms. The zero-order valence-corrected chi connectivity index (χ0v) is 16.6. The zero-order valence-electron chi connectivity index (χ0n) is 16.6. The normalized spacial score (nSPS) is 18.0. The second-order valence-corrected chi connectivity index (χ2v) is 8.40. The van der Waals surface area contributed by atoms with E-state index in [0.29, 0.717) is 13.1 Å². The van der Waals surface area contributed by atoms with E-state index in [1.807, 2.05) is 45.0 Å². The van der Waals surface area contributed by atoms with Gasteiger partial charge in [0.05, 0.1) is 5.92 Å². The summed E-state index contributed by atoms with van der Waals surface area (Å²) in [6.07, 6.45) is 3.09. The second-order valence-electron chi connectivity index (χ2n) is 8.40. The Balaban J connectivity index is 1.43. The molecule has 6 heteroatoms. The number of esters is 1. The fourth-order valence-corrected chi connectivity index (χ4v) is 3.34. The molecular weight excluding hydrogens is 344 g/mol. The fraction of sp³-hybridized carbons (Fsp3) is 0.619. The van der Waals surface area contributed by atoms with Gasteiger partial charge in [0.1, 0.15) is 12.2 Å². The largest absolute Gasteiger partial charge is 0.460 e. The van der Waals surface area contributed by atoms with Gasteiger partial charge in [0.2, 0.25) is 0 Å². The summed E-state index contributed by atoms with van der Waals surface area (Å²) in [6, 6.07) is 7.96. The Morgan fingerprint density at radius 1 is 1.04 bits per heavy atom. The summed E-state index contributed by atoms with van der Waals surface area (Å²) in [7, 11) is 0. The van der Waals surface area contributed by atoms with Gasteiger partial charge in [-0.25, -0.2) is 4.79 Å². The average molecular weight is 374 g/mol. The summed E-state index contributed by atoms with van der Waals surface area (Å²) in [5.74, 6) is -0.186. The lowest BCUT2D eigenvalue weighted by Gasteiger charge is -2.40. The molecule has 2 aliphatic heterocycles. The van der Waals surface area contributed by atoms with Crippen LogP contribution in [0, 0.1) is 5.92 Å². The van der Waals surface area contributed by atoms with Gasteiger partial charge in [0.25, 0.3) is 0 Å². The van der Waals surface area contributed by atoms with Gasteiger partial charge in [-0.15, -0.1) is 0 Å². The summed E-state index contributed by atoms with van der Waals surface area (Å²) in [6.45, 7) is 8.90. The molecule has 6 nitrogen and oxygen atoms in total. The smallest absolute Gasteiger partial charge is 0.410 e. The van der Waals surface area contributed by atoms with Gasteiger partial charge in [-0.1, -0.05) is 12.1 Å². The van der Waals surface area contributed by atoms with Crippen molar-refractivity contribution in [2.75, 3.05) is 31.1 Å². The minimum Gasteiger partial charge on any atom is -0.460 e. The van der Waals surface area contributed by atoms with Crippen molar-refractivity contribution in [3.05, 3.63) is 29.8 Å². The van der Waals surface area contributed by atoms with Gasteiger partial charge in [-0.3, -0.25) is 4.79 Å². The van der Waals surface area contributed by atoms with Gasteiger partial charge in [-0.05, 0) is 57.7 Å². The highest BCUT2D eigenvalue weighted by Crippen LogP contribution is 2.27. The Hall–Kier alpha value is -2.24. The van der Waals surface area contributed by atoms with Crippen molar-refractivity contribution in [3.8, 4) is 0 Å². The number of carbonyl (C=O) groups excluding carboxylic acids is 2. The van der Waals surface area contributed by atoms with Crippen molar-refractivity contribution in [1.82, 2.24) is 4.90 Å². The number of anilines is 1. The molecule has 0 radical (unpaired) electrons. The molecule has 0 N–H and O–H groups in total. The van der Waals surface area contributed by atoms with Crippen LogP contribution in [0.4, 0.5) is 10.5 Å². The molecule has 1 aromatic carbocycles. The van der Waals surface area contributed by atoms with Crippen LogP contribution < -0.4 is 4.90 Å². The third kappa shape index (κ3) is 5.37. The standard InChI is InChI=1S/C21H30N2O4/c1-21(2,3)27-19(24)17-13-23(14-17)18-9-7-16(8-10-18)15-26-20(25)22-11-5-4-6-12-22/h7-10,17H,4-6,11-15H2,1-3H3. The molecule has 0 aliphatic carbocycles. The monoisotopic (exact) mass is 374 g/mol. The molecule has 1 aromatic rings. The number of rotatable bonds is 4. The van der Waals surface area contributed by atoms with Crippen LogP contribution in [0.3, 0.4) is 0 Å². The number of hydrogen-bond acceptors (Lipinski definition) is 5. The number of amides is 1. The Kier molecular flexibility index (Phi) is 5.92. The predicted molar refractivity (Wildman–Crippen MR) is 104 cm³/mol. The van der Waals surface area contributed by atoms with Crippen LogP contribution in [0.5, 0.6) is 0 Å². The molecule has 2 fully saturated rings. The summed E-state index contributed by atoms with van der Waals surface area (Å²) in [4.78, 5) is 28.0. The molecular formula is C21H30N2O4. The van der Waals surface area contributed by atoms with Crippen LogP contribution >= 0.6 is 0 Å². The number of benzene rings is 1. The highest BCUT2D eigenvalue weighted by atomic mass is 16.6. The third-order valence-corrected chi connectivity index (χ3v) is 4.90. The van der Waals surface area contributed by atoms with Gasteiger partial charge < -0.3 is 19.3 Å². The van der Waals surface area contributed by atoms with Crippen LogP contribution in [0.15, 0.2) is 24.3 Å². The van der Waals surface area contributed by atoms with E-state index in [2.05, 4.69) is 4.90 Å². The summed E-state index contributed by atoms with van der Waals surface area (Å²) in [5, 5.41) is 0. The first-order chi connectivity index (χ1) is 12.8. The van der Waals surface area contributed by atoms with Crippen molar-refractivity contribution >= 4 is 17.7 Å². The summed E-state index contributed by atoms with van der Waals surface area (Å²) < 4.78 is 10.8. The maximum atomic E-state index is 12.1. The molecule has 3 rings (SSSR count). The first-order valence-corrected chi connectivity index (χ1v) is 9.80. The van der Waals surface area contributed by atoms with E-state index >= 15 is 0 Å². The Morgan fingerprint density at radius 3 is 2.26 bits per heavy atom. The zero-order chi connectivity index (χ0) is 19.4. The van der Waals surface area contributed by atoms with E-state index < -0.39 is 5.60 Å². The fourth-order valence-electron chi connectivity index (χ4n) is 3.34. The number of likely N-dealkylation sites (tertiary alicyclic amines) is 1. The average Bonchev–Trinajstić information content (AvgIpc) is 2.58. The first-order valence-electron chi connectivity index (χ1n) is 9.80. The highest BCUT2D eigenvalue weighted by Gasteiger charge is 2.35. The van der Waals surface area contributed by atoms with Crippen molar-refractivity contribution < 1.29 is 19.1 Å². The van der Waals surface area contributed by atoms with Crippen LogP contribution in [-0.2, 0) is 20.9 Å². The van der Waals surface area contributed by atoms with Crippen LogP contribution in [0.25, 0.3) is 0 Å². The lowest BCUT2D eigenvalue weighted by molar-refractivity contribution is -0.160. The SMILES string of the molecule is CC(C)(C)OC(=O)C1CN(c2ccc(COC(=O)N3CCCCC3)cc2)C1. The van der Waals surface area contributed by atoms with Gasteiger partial charge in [-0.2, -0.15) is 0 Å². The molecule has 2 heterocycles. The molecule has 0 spiro atoms. The number of piperidine rings is 1. The van der Waals surface area contributed by atoms with Gasteiger partial charge in [0.15, 0.2) is 0 Å². The van der Waals surface area contributed by atoms with Crippen LogP contribution in [0.2, 0.25) is 0 Å². The minimum absolute atomic E-state index is 0.0607. The Labute approximate surface area is 161 Å². The minimum atomic E-state index is -0.440. The van der Waals surface area contributed by atoms with Crippen molar-refractivity contribution in [2.24, 2.45) is 5.92 Å². The molecule has 0 saturated carbocycles. The molecule has 0 unspecified atom stereocenters. The maximum Gasteiger partial charge on any atom is 0.410 e. The Bertz CT molecular complexity index is 654. The molecule has 1 amide bonds. The van der Waals surface area contributed by atoms with E-state index in [0.717, 1.165) is 37.2 Å². The highest BCUT2D eigenvalue weighted by molar-refractivity contribution is 5.77. The summed E-state index contributed by atoms with van der Waals surface area (Å²) >= 11 is 0. The van der Waals surface area contributed by atoms with Gasteiger partial charge >= 0.3 is 12.1 Å². The van der Waals surface area contributed by atoms with E-state index in [-0.39, 0.29) is 24.6 Å². The topological polar surface area (TPSA) is 59.1 Å². The van der Waals surface area contributed by atoms with Crippen molar-refractivity contribution in [3.63, 3.8) is 0 Å². The van der Waals surface area contributed by atoms with Crippen molar-refractivity contribution in [2.45, 2.75) is 52.2 Å².